The van der Waals surface area contributed by atoms with E-state index < -0.39 is 11.7 Å². The van der Waals surface area contributed by atoms with Crippen molar-refractivity contribution in [2.24, 2.45) is 0 Å². The number of benzene rings is 2. The highest BCUT2D eigenvalue weighted by Gasteiger charge is 2.34. The van der Waals surface area contributed by atoms with Crippen LogP contribution in [0.1, 0.15) is 30.1 Å². The Morgan fingerprint density at radius 1 is 1.04 bits per heavy atom. The van der Waals surface area contributed by atoms with E-state index in [1.165, 1.54) is 0 Å². The highest BCUT2D eigenvalue weighted by molar-refractivity contribution is 5.44. The van der Waals surface area contributed by atoms with Gasteiger partial charge in [0, 0.05) is 19.6 Å². The van der Waals surface area contributed by atoms with Crippen molar-refractivity contribution in [1.29, 1.82) is 0 Å². The van der Waals surface area contributed by atoms with Crippen LogP contribution in [0, 0.1) is 0 Å². The molecule has 150 valence electrons. The molecule has 0 aromatic heterocycles. The fraction of sp³-hybridized carbons (Fsp3) is 0.455. The molecule has 0 spiro atoms. The second kappa shape index (κ2) is 7.99. The van der Waals surface area contributed by atoms with Gasteiger partial charge in [-0.1, -0.05) is 18.2 Å². The number of likely N-dealkylation sites (tertiary alicyclic amines) is 1. The van der Waals surface area contributed by atoms with Gasteiger partial charge in [-0.3, -0.25) is 0 Å². The highest BCUT2D eigenvalue weighted by atomic mass is 16.6. The molecule has 2 aromatic rings. The van der Waals surface area contributed by atoms with Crippen molar-refractivity contribution in [3.63, 3.8) is 0 Å². The van der Waals surface area contributed by atoms with Crippen LogP contribution in [-0.2, 0) is 5.60 Å². The van der Waals surface area contributed by atoms with E-state index in [9.17, 15) is 10.2 Å². The van der Waals surface area contributed by atoms with Gasteiger partial charge in [0.1, 0.15) is 19.0 Å². The van der Waals surface area contributed by atoms with Gasteiger partial charge in [0.25, 0.3) is 0 Å². The van der Waals surface area contributed by atoms with Crippen LogP contribution < -0.4 is 14.2 Å². The Balaban J connectivity index is 1.36. The summed E-state index contributed by atoms with van der Waals surface area (Å²) in [7, 11) is 1.63. The minimum Gasteiger partial charge on any atom is -0.497 e. The number of β-amino-alcohol motifs (C(OH)–C–C–N with tert-alkyl or cyclic N) is 1. The fourth-order valence-corrected chi connectivity index (χ4v) is 3.91. The minimum absolute atomic E-state index is 0.526. The molecule has 2 aromatic carbocycles. The Hall–Kier alpha value is -2.28. The summed E-state index contributed by atoms with van der Waals surface area (Å²) in [5.74, 6) is 2.20. The van der Waals surface area contributed by atoms with Crippen LogP contribution in [0.15, 0.2) is 42.5 Å². The lowest BCUT2D eigenvalue weighted by Gasteiger charge is -2.39. The second-order valence-electron chi connectivity index (χ2n) is 7.48. The molecule has 0 saturated carbocycles. The van der Waals surface area contributed by atoms with E-state index in [-0.39, 0.29) is 0 Å². The number of aliphatic hydroxyl groups is 2. The molecule has 4 rings (SSSR count). The second-order valence-corrected chi connectivity index (χ2v) is 7.48. The third kappa shape index (κ3) is 3.94. The molecule has 0 amide bonds. The molecule has 0 aliphatic carbocycles. The van der Waals surface area contributed by atoms with Crippen LogP contribution in [0.5, 0.6) is 17.2 Å². The normalized spacial score (nSPS) is 19.8. The maximum atomic E-state index is 11.0. The van der Waals surface area contributed by atoms with Crippen LogP contribution in [-0.4, -0.2) is 55.1 Å². The number of hydrogen-bond donors (Lipinski definition) is 2. The van der Waals surface area contributed by atoms with Gasteiger partial charge in [-0.25, -0.2) is 0 Å². The van der Waals surface area contributed by atoms with Crippen molar-refractivity contribution in [1.82, 2.24) is 4.90 Å². The zero-order chi connectivity index (χ0) is 19.6. The molecule has 0 radical (unpaired) electrons. The number of hydrogen-bond acceptors (Lipinski definition) is 6. The SMILES string of the molecule is COc1ccc(C2(O)CCN(C[C@H](O)c3ccc4c(c3)OCCO4)CC2)cc1. The van der Waals surface area contributed by atoms with E-state index in [0.29, 0.717) is 38.3 Å². The summed E-state index contributed by atoms with van der Waals surface area (Å²) >= 11 is 0. The monoisotopic (exact) mass is 385 g/mol. The van der Waals surface area contributed by atoms with E-state index in [0.717, 1.165) is 35.7 Å². The quantitative estimate of drug-likeness (QED) is 0.824. The van der Waals surface area contributed by atoms with Crippen LogP contribution in [0.25, 0.3) is 0 Å². The maximum Gasteiger partial charge on any atom is 0.161 e. The molecule has 6 nitrogen and oxygen atoms in total. The number of aliphatic hydroxyl groups excluding tert-OH is 1. The summed E-state index contributed by atoms with van der Waals surface area (Å²) in [5, 5.41) is 21.7. The summed E-state index contributed by atoms with van der Waals surface area (Å²) < 4.78 is 16.3. The number of fused-ring (bicyclic) bond motifs is 1. The first-order chi connectivity index (χ1) is 13.6. The van der Waals surface area contributed by atoms with E-state index in [1.807, 2.05) is 42.5 Å². The molecule has 2 aliphatic heterocycles. The molecule has 2 N–H and O–H groups in total. The van der Waals surface area contributed by atoms with Gasteiger partial charge in [0.05, 0.1) is 18.8 Å². The average Bonchev–Trinajstić information content (AvgIpc) is 2.75. The van der Waals surface area contributed by atoms with Crippen LogP contribution in [0.4, 0.5) is 0 Å². The Labute approximate surface area is 165 Å². The van der Waals surface area contributed by atoms with Gasteiger partial charge < -0.3 is 29.3 Å². The molecule has 1 atom stereocenters. The first-order valence-electron chi connectivity index (χ1n) is 9.74. The topological polar surface area (TPSA) is 71.4 Å². The van der Waals surface area contributed by atoms with Crippen molar-refractivity contribution in [2.75, 3.05) is 40.0 Å². The first-order valence-corrected chi connectivity index (χ1v) is 9.74. The Bertz CT molecular complexity index is 799. The molecule has 28 heavy (non-hydrogen) atoms. The first kappa shape index (κ1) is 19.1. The van der Waals surface area contributed by atoms with Gasteiger partial charge in [-0.15, -0.1) is 0 Å². The molecule has 0 unspecified atom stereocenters. The number of nitrogens with zero attached hydrogens (tertiary/aromatic N) is 1. The van der Waals surface area contributed by atoms with E-state index >= 15 is 0 Å². The van der Waals surface area contributed by atoms with Crippen LogP contribution in [0.3, 0.4) is 0 Å². The van der Waals surface area contributed by atoms with E-state index in [2.05, 4.69) is 4.90 Å². The summed E-state index contributed by atoms with van der Waals surface area (Å²) in [6, 6.07) is 13.2. The van der Waals surface area contributed by atoms with Gasteiger partial charge in [-0.2, -0.15) is 0 Å². The van der Waals surface area contributed by atoms with Crippen LogP contribution >= 0.6 is 0 Å². The molecule has 6 heteroatoms. The predicted molar refractivity (Wildman–Crippen MR) is 105 cm³/mol. The third-order valence-corrected chi connectivity index (χ3v) is 5.69. The lowest BCUT2D eigenvalue weighted by molar-refractivity contribution is -0.0345. The molecule has 2 heterocycles. The average molecular weight is 385 g/mol. The molecule has 1 saturated heterocycles. The largest absolute Gasteiger partial charge is 0.497 e. The molecule has 2 aliphatic rings. The van der Waals surface area contributed by atoms with E-state index in [4.69, 9.17) is 14.2 Å². The summed E-state index contributed by atoms with van der Waals surface area (Å²) in [4.78, 5) is 2.19. The van der Waals surface area contributed by atoms with Gasteiger partial charge in [0.15, 0.2) is 11.5 Å². The standard InChI is InChI=1S/C22H27NO5/c1-26-18-5-3-17(4-6-18)22(25)8-10-23(11-9-22)15-19(24)16-2-7-20-21(14-16)28-13-12-27-20/h2-7,14,19,24-25H,8-13,15H2,1H3/t19-/m0/s1. The van der Waals surface area contributed by atoms with E-state index in [1.54, 1.807) is 7.11 Å². The number of rotatable bonds is 5. The van der Waals surface area contributed by atoms with Crippen molar-refractivity contribution >= 4 is 0 Å². The summed E-state index contributed by atoms with van der Waals surface area (Å²) in [6.45, 7) is 3.06. The lowest BCUT2D eigenvalue weighted by Crippen LogP contribution is -2.43. The summed E-state index contributed by atoms with van der Waals surface area (Å²) in [6.07, 6.45) is 0.656. The molecule has 1 fully saturated rings. The van der Waals surface area contributed by atoms with Crippen molar-refractivity contribution in [3.8, 4) is 17.2 Å². The zero-order valence-electron chi connectivity index (χ0n) is 16.1. The third-order valence-electron chi connectivity index (χ3n) is 5.69. The Morgan fingerprint density at radius 3 is 2.39 bits per heavy atom. The van der Waals surface area contributed by atoms with Crippen LogP contribution in [0.2, 0.25) is 0 Å². The molecular formula is C22H27NO5. The highest BCUT2D eigenvalue weighted by Crippen LogP contribution is 2.35. The number of ether oxygens (including phenoxy) is 3. The van der Waals surface area contributed by atoms with Crippen molar-refractivity contribution in [2.45, 2.75) is 24.5 Å². The Morgan fingerprint density at radius 2 is 1.71 bits per heavy atom. The Kier molecular flexibility index (Phi) is 5.44. The van der Waals surface area contributed by atoms with Crippen molar-refractivity contribution < 1.29 is 24.4 Å². The van der Waals surface area contributed by atoms with Gasteiger partial charge >= 0.3 is 0 Å². The fourth-order valence-electron chi connectivity index (χ4n) is 3.91. The lowest BCUT2D eigenvalue weighted by atomic mass is 9.84. The minimum atomic E-state index is -0.829. The molecule has 0 bridgehead atoms. The smallest absolute Gasteiger partial charge is 0.161 e. The van der Waals surface area contributed by atoms with Gasteiger partial charge in [-0.05, 0) is 48.2 Å². The molecular weight excluding hydrogens is 358 g/mol. The predicted octanol–water partition coefficient (Wildman–Crippen LogP) is 2.48. The maximum absolute atomic E-state index is 11.0. The number of methoxy groups -OCH3 is 1. The van der Waals surface area contributed by atoms with Crippen molar-refractivity contribution in [3.05, 3.63) is 53.6 Å². The summed E-state index contributed by atoms with van der Waals surface area (Å²) in [5.41, 5.74) is 0.908. The number of piperidine rings is 1. The van der Waals surface area contributed by atoms with Gasteiger partial charge in [0.2, 0.25) is 0 Å². The zero-order valence-corrected chi connectivity index (χ0v) is 16.1.